The number of rotatable bonds is 4. The van der Waals surface area contributed by atoms with Crippen molar-refractivity contribution in [1.82, 2.24) is 10.6 Å². The number of hydrogen-bond acceptors (Lipinski definition) is 2. The maximum atomic E-state index is 12.4. The van der Waals surface area contributed by atoms with Crippen molar-refractivity contribution >= 4 is 6.03 Å². The molecule has 2 bridgehead atoms. The summed E-state index contributed by atoms with van der Waals surface area (Å²) in [6.45, 7) is 0. The highest BCUT2D eigenvalue weighted by molar-refractivity contribution is 5.75. The standard InChI is InChI=1S/C18H24N2O2/c21-18(19-15-11-14-9-10-16(15)22-14)20-17(13-7-4-8-13)12-5-2-1-3-6-12/h1-3,5-6,13-17H,4,7-11H2,(H2,19,20,21). The lowest BCUT2D eigenvalue weighted by Crippen LogP contribution is -2.48. The summed E-state index contributed by atoms with van der Waals surface area (Å²) in [5.41, 5.74) is 1.21. The lowest BCUT2D eigenvalue weighted by Gasteiger charge is -2.35. The van der Waals surface area contributed by atoms with Crippen molar-refractivity contribution in [2.45, 2.75) is 62.8 Å². The molecule has 2 amide bonds. The van der Waals surface area contributed by atoms with E-state index < -0.39 is 0 Å². The van der Waals surface area contributed by atoms with Crippen LogP contribution in [0.5, 0.6) is 0 Å². The molecule has 4 heteroatoms. The number of urea groups is 1. The fraction of sp³-hybridized carbons (Fsp3) is 0.611. The molecule has 3 fully saturated rings. The minimum absolute atomic E-state index is 0.0399. The van der Waals surface area contributed by atoms with E-state index in [1.807, 2.05) is 18.2 Å². The van der Waals surface area contributed by atoms with E-state index in [0.29, 0.717) is 12.0 Å². The van der Waals surface area contributed by atoms with Crippen molar-refractivity contribution < 1.29 is 9.53 Å². The van der Waals surface area contributed by atoms with E-state index >= 15 is 0 Å². The molecule has 4 unspecified atom stereocenters. The summed E-state index contributed by atoms with van der Waals surface area (Å²) in [7, 11) is 0. The van der Waals surface area contributed by atoms with Crippen molar-refractivity contribution in [3.8, 4) is 0 Å². The number of benzene rings is 1. The van der Waals surface area contributed by atoms with Crippen LogP contribution in [0.25, 0.3) is 0 Å². The van der Waals surface area contributed by atoms with Crippen molar-refractivity contribution in [3.63, 3.8) is 0 Å². The molecule has 3 aliphatic rings. The van der Waals surface area contributed by atoms with Crippen molar-refractivity contribution in [2.24, 2.45) is 5.92 Å². The van der Waals surface area contributed by atoms with Crippen molar-refractivity contribution in [1.29, 1.82) is 0 Å². The van der Waals surface area contributed by atoms with Crippen molar-refractivity contribution in [3.05, 3.63) is 35.9 Å². The zero-order chi connectivity index (χ0) is 14.9. The molecular formula is C18H24N2O2. The summed E-state index contributed by atoms with van der Waals surface area (Å²) < 4.78 is 5.81. The molecule has 0 aromatic heterocycles. The fourth-order valence-corrected chi connectivity index (χ4v) is 4.05. The van der Waals surface area contributed by atoms with Crippen molar-refractivity contribution in [2.75, 3.05) is 0 Å². The molecule has 4 atom stereocenters. The molecule has 0 spiro atoms. The first-order chi connectivity index (χ1) is 10.8. The van der Waals surface area contributed by atoms with Gasteiger partial charge in [0.1, 0.15) is 0 Å². The van der Waals surface area contributed by atoms with E-state index in [0.717, 1.165) is 19.3 Å². The second-order valence-electron chi connectivity index (χ2n) is 6.91. The van der Waals surface area contributed by atoms with Crippen LogP contribution < -0.4 is 10.6 Å². The molecule has 2 heterocycles. The van der Waals surface area contributed by atoms with Gasteiger partial charge >= 0.3 is 6.03 Å². The van der Waals surface area contributed by atoms with Gasteiger partial charge in [-0.1, -0.05) is 36.8 Å². The highest BCUT2D eigenvalue weighted by Gasteiger charge is 2.41. The van der Waals surface area contributed by atoms with Gasteiger partial charge in [-0.2, -0.15) is 0 Å². The first-order valence-corrected chi connectivity index (χ1v) is 8.57. The quantitative estimate of drug-likeness (QED) is 0.897. The molecule has 118 valence electrons. The Hall–Kier alpha value is -1.55. The molecule has 4 rings (SSSR count). The number of ether oxygens (including phenoxy) is 1. The molecular weight excluding hydrogens is 276 g/mol. The molecule has 2 saturated heterocycles. The lowest BCUT2D eigenvalue weighted by atomic mass is 9.77. The molecule has 1 aromatic carbocycles. The Morgan fingerprint density at radius 1 is 1.14 bits per heavy atom. The monoisotopic (exact) mass is 300 g/mol. The first kappa shape index (κ1) is 14.1. The zero-order valence-electron chi connectivity index (χ0n) is 12.8. The Morgan fingerprint density at radius 2 is 1.95 bits per heavy atom. The van der Waals surface area contributed by atoms with E-state index in [9.17, 15) is 4.79 Å². The Bertz CT molecular complexity index is 529. The van der Waals surface area contributed by atoms with Gasteiger partial charge < -0.3 is 15.4 Å². The minimum Gasteiger partial charge on any atom is -0.373 e. The third-order valence-electron chi connectivity index (χ3n) is 5.49. The molecule has 1 saturated carbocycles. The lowest BCUT2D eigenvalue weighted by molar-refractivity contribution is 0.0978. The molecule has 0 radical (unpaired) electrons. The number of nitrogens with one attached hydrogen (secondary N) is 2. The molecule has 1 aromatic rings. The van der Waals surface area contributed by atoms with Gasteiger partial charge in [-0.25, -0.2) is 4.79 Å². The van der Waals surface area contributed by atoms with E-state index in [1.54, 1.807) is 0 Å². The summed E-state index contributed by atoms with van der Waals surface area (Å²) in [6, 6.07) is 10.6. The third-order valence-corrected chi connectivity index (χ3v) is 5.49. The van der Waals surface area contributed by atoms with Crippen LogP contribution in [0.3, 0.4) is 0 Å². The second-order valence-corrected chi connectivity index (χ2v) is 6.91. The molecule has 4 nitrogen and oxygen atoms in total. The second kappa shape index (κ2) is 5.92. The van der Waals surface area contributed by atoms with Crippen LogP contribution in [0.15, 0.2) is 30.3 Å². The maximum Gasteiger partial charge on any atom is 0.315 e. The van der Waals surface area contributed by atoms with E-state index in [4.69, 9.17) is 4.74 Å². The normalized spacial score (nSPS) is 31.5. The van der Waals surface area contributed by atoms with Gasteiger partial charge in [-0.15, -0.1) is 0 Å². The van der Waals surface area contributed by atoms with E-state index in [1.165, 1.54) is 24.8 Å². The number of amides is 2. The average Bonchev–Trinajstić information content (AvgIpc) is 3.08. The predicted molar refractivity (Wildman–Crippen MR) is 84.5 cm³/mol. The number of fused-ring (bicyclic) bond motifs is 2. The molecule has 2 aliphatic heterocycles. The Balaban J connectivity index is 1.39. The SMILES string of the molecule is O=C(NC1CC2CCC1O2)NC(c1ccccc1)C1CCC1. The van der Waals surface area contributed by atoms with Gasteiger partial charge in [-0.3, -0.25) is 0 Å². The zero-order valence-corrected chi connectivity index (χ0v) is 12.8. The molecule has 2 N–H and O–H groups in total. The van der Waals surface area contributed by atoms with Crippen LogP contribution in [-0.2, 0) is 4.74 Å². The van der Waals surface area contributed by atoms with Gasteiger partial charge in [-0.05, 0) is 43.6 Å². The van der Waals surface area contributed by atoms with Gasteiger partial charge in [0.25, 0.3) is 0 Å². The van der Waals surface area contributed by atoms with Crippen LogP contribution in [-0.4, -0.2) is 24.3 Å². The highest BCUT2D eigenvalue weighted by atomic mass is 16.5. The number of hydrogen-bond donors (Lipinski definition) is 2. The third kappa shape index (κ3) is 2.72. The summed E-state index contributed by atoms with van der Waals surface area (Å²) in [6.07, 6.45) is 7.49. The fourth-order valence-electron chi connectivity index (χ4n) is 4.05. The van der Waals surface area contributed by atoms with Gasteiger partial charge in [0.15, 0.2) is 0 Å². The number of carbonyl (C=O) groups excluding carboxylic acids is 1. The van der Waals surface area contributed by atoms with Gasteiger partial charge in [0, 0.05) is 0 Å². The van der Waals surface area contributed by atoms with Crippen LogP contribution in [0, 0.1) is 5.92 Å². The Labute approximate surface area is 131 Å². The smallest absolute Gasteiger partial charge is 0.315 e. The summed E-state index contributed by atoms with van der Waals surface area (Å²) in [4.78, 5) is 12.4. The minimum atomic E-state index is -0.0399. The summed E-state index contributed by atoms with van der Waals surface area (Å²) >= 11 is 0. The summed E-state index contributed by atoms with van der Waals surface area (Å²) in [5, 5.41) is 6.35. The van der Waals surface area contributed by atoms with Gasteiger partial charge in [0.2, 0.25) is 0 Å². The molecule has 1 aliphatic carbocycles. The predicted octanol–water partition coefficient (Wildman–Crippen LogP) is 3.15. The topological polar surface area (TPSA) is 50.4 Å². The largest absolute Gasteiger partial charge is 0.373 e. The van der Waals surface area contributed by atoms with E-state index in [2.05, 4.69) is 22.8 Å². The van der Waals surface area contributed by atoms with Gasteiger partial charge in [0.05, 0.1) is 24.3 Å². The highest BCUT2D eigenvalue weighted by Crippen LogP contribution is 2.38. The van der Waals surface area contributed by atoms with Crippen LogP contribution >= 0.6 is 0 Å². The first-order valence-electron chi connectivity index (χ1n) is 8.57. The Morgan fingerprint density at radius 3 is 2.55 bits per heavy atom. The van der Waals surface area contributed by atoms with Crippen LogP contribution in [0.2, 0.25) is 0 Å². The van der Waals surface area contributed by atoms with Crippen LogP contribution in [0.1, 0.15) is 50.1 Å². The maximum absolute atomic E-state index is 12.4. The average molecular weight is 300 g/mol. The summed E-state index contributed by atoms with van der Waals surface area (Å²) in [5.74, 6) is 0.574. The Kier molecular flexibility index (Phi) is 3.78. The molecule has 22 heavy (non-hydrogen) atoms. The van der Waals surface area contributed by atoms with Crippen LogP contribution in [0.4, 0.5) is 4.79 Å². The van der Waals surface area contributed by atoms with E-state index in [-0.39, 0.29) is 24.2 Å². The number of carbonyl (C=O) groups is 1.